The molecule has 2 saturated heterocycles. The second-order valence-corrected chi connectivity index (χ2v) is 5.80. The lowest BCUT2D eigenvalue weighted by Gasteiger charge is -2.24. The van der Waals surface area contributed by atoms with E-state index in [0.29, 0.717) is 5.41 Å². The van der Waals surface area contributed by atoms with Crippen LogP contribution in [0.15, 0.2) is 18.2 Å². The van der Waals surface area contributed by atoms with E-state index in [1.54, 1.807) is 0 Å². The summed E-state index contributed by atoms with van der Waals surface area (Å²) in [4.78, 5) is 13.2. The van der Waals surface area contributed by atoms with E-state index in [0.717, 1.165) is 43.9 Å². The van der Waals surface area contributed by atoms with E-state index in [1.165, 1.54) is 6.42 Å². The van der Waals surface area contributed by atoms with Gasteiger partial charge in [-0.25, -0.2) is 0 Å². The molecule has 1 aromatic carbocycles. The van der Waals surface area contributed by atoms with Crippen molar-refractivity contribution in [2.75, 3.05) is 31.1 Å². The van der Waals surface area contributed by atoms with E-state index >= 15 is 0 Å². The summed E-state index contributed by atoms with van der Waals surface area (Å²) in [5, 5.41) is 14.7. The number of para-hydroxylation sites is 1. The quantitative estimate of drug-likeness (QED) is 0.654. The molecule has 2 aliphatic heterocycles. The number of hydrogen-bond donors (Lipinski definition) is 1. The smallest absolute Gasteiger partial charge is 0.295 e. The molecule has 2 fully saturated rings. The summed E-state index contributed by atoms with van der Waals surface area (Å²) in [5.74, 6) is 0. The summed E-state index contributed by atoms with van der Waals surface area (Å²) >= 11 is 0. The Morgan fingerprint density at radius 1 is 1.42 bits per heavy atom. The number of nitrogens with one attached hydrogen (secondary N) is 1. The van der Waals surface area contributed by atoms with Crippen LogP contribution in [0.4, 0.5) is 11.4 Å². The minimum absolute atomic E-state index is 0.247. The van der Waals surface area contributed by atoms with Crippen LogP contribution in [-0.2, 0) is 0 Å². The van der Waals surface area contributed by atoms with Crippen molar-refractivity contribution in [3.63, 3.8) is 0 Å². The Balaban J connectivity index is 1.91. The number of benzene rings is 1. The number of anilines is 1. The summed E-state index contributed by atoms with van der Waals surface area (Å²) in [7, 11) is 0. The van der Waals surface area contributed by atoms with E-state index in [4.69, 9.17) is 0 Å². The van der Waals surface area contributed by atoms with Crippen molar-refractivity contribution in [1.82, 2.24) is 5.32 Å². The number of hydrogen-bond acceptors (Lipinski definition) is 4. The van der Waals surface area contributed by atoms with Crippen LogP contribution in [0.5, 0.6) is 0 Å². The maximum absolute atomic E-state index is 11.3. The largest absolute Gasteiger partial charge is 0.365 e. The monoisotopic (exact) mass is 261 g/mol. The summed E-state index contributed by atoms with van der Waals surface area (Å²) in [6.07, 6.45) is 2.31. The minimum Gasteiger partial charge on any atom is -0.365 e. The molecule has 19 heavy (non-hydrogen) atoms. The Bertz CT molecular complexity index is 509. The molecule has 0 aromatic heterocycles. The Kier molecular flexibility index (Phi) is 2.93. The first-order chi connectivity index (χ1) is 9.11. The molecule has 5 heteroatoms. The lowest BCUT2D eigenvalue weighted by molar-refractivity contribution is -0.384. The molecular weight excluding hydrogens is 242 g/mol. The van der Waals surface area contributed by atoms with Gasteiger partial charge in [0.05, 0.1) is 4.92 Å². The van der Waals surface area contributed by atoms with E-state index in [-0.39, 0.29) is 10.6 Å². The highest BCUT2D eigenvalue weighted by Gasteiger charge is 2.41. The number of nitro groups is 1. The van der Waals surface area contributed by atoms with Crippen LogP contribution in [0.25, 0.3) is 0 Å². The van der Waals surface area contributed by atoms with Crippen molar-refractivity contribution in [3.05, 3.63) is 33.9 Å². The molecule has 2 aliphatic rings. The fourth-order valence-electron chi connectivity index (χ4n) is 3.42. The average molecular weight is 261 g/mol. The number of nitro benzene ring substituents is 1. The molecule has 3 rings (SSSR count). The predicted octanol–water partition coefficient (Wildman–Crippen LogP) is 2.09. The Morgan fingerprint density at radius 3 is 2.95 bits per heavy atom. The molecule has 0 aliphatic carbocycles. The normalized spacial score (nSPS) is 26.3. The van der Waals surface area contributed by atoms with Crippen molar-refractivity contribution >= 4 is 11.4 Å². The van der Waals surface area contributed by atoms with E-state index < -0.39 is 0 Å². The molecule has 0 bridgehead atoms. The lowest BCUT2D eigenvalue weighted by atomic mass is 9.86. The third-order valence-corrected chi connectivity index (χ3v) is 4.51. The van der Waals surface area contributed by atoms with Crippen LogP contribution >= 0.6 is 0 Å². The molecule has 1 unspecified atom stereocenters. The van der Waals surface area contributed by atoms with Gasteiger partial charge in [0.25, 0.3) is 5.69 Å². The Labute approximate surface area is 112 Å². The summed E-state index contributed by atoms with van der Waals surface area (Å²) in [5.41, 5.74) is 2.13. The lowest BCUT2D eigenvalue weighted by Crippen LogP contribution is -2.29. The summed E-state index contributed by atoms with van der Waals surface area (Å²) in [6.45, 7) is 5.79. The van der Waals surface area contributed by atoms with Crippen LogP contribution in [0.1, 0.15) is 18.4 Å². The highest BCUT2D eigenvalue weighted by atomic mass is 16.6. The van der Waals surface area contributed by atoms with Gasteiger partial charge >= 0.3 is 0 Å². The average Bonchev–Trinajstić information content (AvgIpc) is 2.99. The van der Waals surface area contributed by atoms with E-state index in [9.17, 15) is 10.1 Å². The summed E-state index contributed by atoms with van der Waals surface area (Å²) < 4.78 is 0. The standard InChI is InChI=1S/C14H19N3O2/c1-11-3-2-4-12(13(11)17(18)19)16-8-6-14(10-16)5-7-15-9-14/h2-4,15H,5-10H2,1H3. The molecule has 1 aromatic rings. The third-order valence-electron chi connectivity index (χ3n) is 4.51. The fourth-order valence-corrected chi connectivity index (χ4v) is 3.42. The molecule has 1 N–H and O–H groups in total. The SMILES string of the molecule is Cc1cccc(N2CCC3(CCNC3)C2)c1[N+](=O)[O-]. The first-order valence-corrected chi connectivity index (χ1v) is 6.81. The van der Waals surface area contributed by atoms with Crippen molar-refractivity contribution in [2.24, 2.45) is 5.41 Å². The zero-order valence-electron chi connectivity index (χ0n) is 11.2. The van der Waals surface area contributed by atoms with Gasteiger partial charge in [-0.1, -0.05) is 12.1 Å². The topological polar surface area (TPSA) is 58.4 Å². The molecule has 0 saturated carbocycles. The minimum atomic E-state index is -0.247. The van der Waals surface area contributed by atoms with Gasteiger partial charge in [0.1, 0.15) is 5.69 Å². The van der Waals surface area contributed by atoms with Gasteiger partial charge in [-0.05, 0) is 32.4 Å². The van der Waals surface area contributed by atoms with Gasteiger partial charge < -0.3 is 10.2 Å². The maximum Gasteiger partial charge on any atom is 0.295 e. The highest BCUT2D eigenvalue weighted by Crippen LogP contribution is 2.41. The fraction of sp³-hybridized carbons (Fsp3) is 0.571. The molecular formula is C14H19N3O2. The molecule has 2 heterocycles. The highest BCUT2D eigenvalue weighted by molar-refractivity contribution is 5.67. The van der Waals surface area contributed by atoms with Gasteiger partial charge in [-0.2, -0.15) is 0 Å². The van der Waals surface area contributed by atoms with Crippen LogP contribution in [0, 0.1) is 22.5 Å². The van der Waals surface area contributed by atoms with E-state index in [2.05, 4.69) is 10.2 Å². The van der Waals surface area contributed by atoms with Crippen LogP contribution in [-0.4, -0.2) is 31.1 Å². The van der Waals surface area contributed by atoms with Crippen LogP contribution in [0.2, 0.25) is 0 Å². The maximum atomic E-state index is 11.3. The first kappa shape index (κ1) is 12.4. The van der Waals surface area contributed by atoms with Crippen molar-refractivity contribution < 1.29 is 4.92 Å². The van der Waals surface area contributed by atoms with E-state index in [1.807, 2.05) is 25.1 Å². The van der Waals surface area contributed by atoms with Gasteiger partial charge in [-0.15, -0.1) is 0 Å². The van der Waals surface area contributed by atoms with Gasteiger partial charge in [0.15, 0.2) is 0 Å². The molecule has 0 amide bonds. The molecule has 1 spiro atoms. The van der Waals surface area contributed by atoms with Crippen LogP contribution in [0.3, 0.4) is 0 Å². The molecule has 1 atom stereocenters. The zero-order chi connectivity index (χ0) is 13.5. The molecule has 0 radical (unpaired) electrons. The number of nitrogens with zero attached hydrogens (tertiary/aromatic N) is 2. The van der Waals surface area contributed by atoms with Crippen molar-refractivity contribution in [2.45, 2.75) is 19.8 Å². The second kappa shape index (κ2) is 4.49. The second-order valence-electron chi connectivity index (χ2n) is 5.80. The first-order valence-electron chi connectivity index (χ1n) is 6.81. The Hall–Kier alpha value is -1.62. The van der Waals surface area contributed by atoms with Crippen molar-refractivity contribution in [1.29, 1.82) is 0 Å². The van der Waals surface area contributed by atoms with Gasteiger partial charge in [-0.3, -0.25) is 10.1 Å². The van der Waals surface area contributed by atoms with Crippen LogP contribution < -0.4 is 10.2 Å². The molecule has 5 nitrogen and oxygen atoms in total. The Morgan fingerprint density at radius 2 is 2.26 bits per heavy atom. The molecule has 102 valence electrons. The van der Waals surface area contributed by atoms with Gasteiger partial charge in [0.2, 0.25) is 0 Å². The zero-order valence-corrected chi connectivity index (χ0v) is 11.2. The summed E-state index contributed by atoms with van der Waals surface area (Å²) in [6, 6.07) is 5.60. The van der Waals surface area contributed by atoms with Gasteiger partial charge in [0, 0.05) is 30.6 Å². The number of aryl methyl sites for hydroxylation is 1. The van der Waals surface area contributed by atoms with Crippen molar-refractivity contribution in [3.8, 4) is 0 Å². The number of rotatable bonds is 2. The predicted molar refractivity (Wildman–Crippen MR) is 74.6 cm³/mol. The third kappa shape index (κ3) is 2.08.